The van der Waals surface area contributed by atoms with Crippen LogP contribution in [0.1, 0.15) is 5.56 Å². The molecule has 1 fully saturated rings. The number of anilines is 1. The van der Waals surface area contributed by atoms with Gasteiger partial charge in [-0.2, -0.15) is 0 Å². The van der Waals surface area contributed by atoms with Crippen molar-refractivity contribution < 1.29 is 14.4 Å². The first-order valence-corrected chi connectivity index (χ1v) is 6.61. The topological polar surface area (TPSA) is 103 Å². The molecule has 1 saturated heterocycles. The predicted octanol–water partition coefficient (Wildman–Crippen LogP) is 0.726. The van der Waals surface area contributed by atoms with Crippen LogP contribution in [0.5, 0.6) is 0 Å². The van der Waals surface area contributed by atoms with E-state index in [-0.39, 0.29) is 17.9 Å². The largest absolute Gasteiger partial charge is 0.377 e. The summed E-state index contributed by atoms with van der Waals surface area (Å²) in [5, 5.41) is 11.0. The van der Waals surface area contributed by atoms with Gasteiger partial charge in [0.2, 0.25) is 0 Å². The zero-order valence-corrected chi connectivity index (χ0v) is 12.1. The molecule has 2 rings (SSSR count). The maximum absolute atomic E-state index is 11.0. The van der Waals surface area contributed by atoms with Gasteiger partial charge in [0.15, 0.2) is 0 Å². The Kier molecular flexibility index (Phi) is 5.07. The number of rotatable bonds is 6. The summed E-state index contributed by atoms with van der Waals surface area (Å²) in [6.45, 7) is 1.96. The van der Waals surface area contributed by atoms with Crippen LogP contribution < -0.4 is 11.3 Å². The molecule has 1 aliphatic heterocycles. The molecule has 0 amide bonds. The van der Waals surface area contributed by atoms with Crippen LogP contribution in [0.4, 0.5) is 11.4 Å². The lowest BCUT2D eigenvalue weighted by molar-refractivity contribution is -0.384. The highest BCUT2D eigenvalue weighted by molar-refractivity contribution is 5.65. The summed E-state index contributed by atoms with van der Waals surface area (Å²) in [4.78, 5) is 12.7. The van der Waals surface area contributed by atoms with Crippen LogP contribution >= 0.6 is 0 Å². The van der Waals surface area contributed by atoms with Gasteiger partial charge in [0, 0.05) is 39.9 Å². The van der Waals surface area contributed by atoms with Gasteiger partial charge in [-0.25, -0.2) is 0 Å². The summed E-state index contributed by atoms with van der Waals surface area (Å²) in [6.07, 6.45) is 0.00553. The number of nitrogens with two attached hydrogens (primary N) is 1. The Bertz CT molecular complexity index is 499. The second-order valence-corrected chi connectivity index (χ2v) is 4.96. The summed E-state index contributed by atoms with van der Waals surface area (Å²) in [7, 11) is 3.31. The number of ether oxygens (including phenoxy) is 2. The third-order valence-corrected chi connectivity index (χ3v) is 3.76. The van der Waals surface area contributed by atoms with Gasteiger partial charge < -0.3 is 14.9 Å². The SMILES string of the molecule is COC1CN(Cc2cccc([N+](=O)[O-])c2NN)CC1OC. The van der Waals surface area contributed by atoms with Crippen LogP contribution in [-0.4, -0.2) is 49.3 Å². The zero-order valence-electron chi connectivity index (χ0n) is 12.1. The number of benzene rings is 1. The van der Waals surface area contributed by atoms with Gasteiger partial charge in [0.25, 0.3) is 5.69 Å². The first kappa shape index (κ1) is 15.6. The number of nitro groups is 1. The molecule has 2 atom stereocenters. The standard InChI is InChI=1S/C13H20N4O4/c1-20-11-7-16(8-12(11)21-2)6-9-4-3-5-10(17(18)19)13(9)15-14/h3-5,11-12,15H,6-8,14H2,1-2H3. The molecule has 1 aromatic carbocycles. The average molecular weight is 296 g/mol. The van der Waals surface area contributed by atoms with E-state index in [1.165, 1.54) is 6.07 Å². The fourth-order valence-corrected chi connectivity index (χ4v) is 2.68. The number of hydrazine groups is 1. The van der Waals surface area contributed by atoms with Gasteiger partial charge in [0.1, 0.15) is 5.69 Å². The first-order chi connectivity index (χ1) is 10.1. The molecule has 0 spiro atoms. The summed E-state index contributed by atoms with van der Waals surface area (Å²) >= 11 is 0. The van der Waals surface area contributed by atoms with E-state index >= 15 is 0 Å². The number of nitrogen functional groups attached to an aromatic ring is 1. The summed E-state index contributed by atoms with van der Waals surface area (Å²) < 4.78 is 10.8. The van der Waals surface area contributed by atoms with Crippen molar-refractivity contribution in [2.45, 2.75) is 18.8 Å². The predicted molar refractivity (Wildman–Crippen MR) is 77.8 cm³/mol. The molecule has 1 aliphatic rings. The summed E-state index contributed by atoms with van der Waals surface area (Å²) in [5.41, 5.74) is 3.53. The minimum absolute atomic E-state index is 0.00276. The molecule has 3 N–H and O–H groups in total. The van der Waals surface area contributed by atoms with Crippen molar-refractivity contribution in [1.82, 2.24) is 4.90 Å². The Morgan fingerprint density at radius 3 is 2.48 bits per heavy atom. The van der Waals surface area contributed by atoms with E-state index < -0.39 is 4.92 Å². The van der Waals surface area contributed by atoms with Crippen molar-refractivity contribution >= 4 is 11.4 Å². The quantitative estimate of drug-likeness (QED) is 0.453. The third kappa shape index (κ3) is 3.30. The number of nitrogens with zero attached hydrogens (tertiary/aromatic N) is 2. The van der Waals surface area contributed by atoms with E-state index in [1.54, 1.807) is 20.3 Å². The number of methoxy groups -OCH3 is 2. The Morgan fingerprint density at radius 2 is 2.00 bits per heavy atom. The minimum Gasteiger partial charge on any atom is -0.377 e. The molecule has 8 heteroatoms. The minimum atomic E-state index is -0.446. The number of nitrogens with one attached hydrogen (secondary N) is 1. The van der Waals surface area contributed by atoms with E-state index in [1.807, 2.05) is 6.07 Å². The van der Waals surface area contributed by atoms with Gasteiger partial charge in [-0.15, -0.1) is 0 Å². The highest BCUT2D eigenvalue weighted by Gasteiger charge is 2.33. The normalized spacial score (nSPS) is 22.4. The lowest BCUT2D eigenvalue weighted by atomic mass is 10.1. The van der Waals surface area contributed by atoms with E-state index in [0.717, 1.165) is 5.56 Å². The van der Waals surface area contributed by atoms with Crippen LogP contribution in [0.2, 0.25) is 0 Å². The van der Waals surface area contributed by atoms with Crippen molar-refractivity contribution in [2.75, 3.05) is 32.7 Å². The highest BCUT2D eigenvalue weighted by Crippen LogP contribution is 2.29. The second kappa shape index (κ2) is 6.81. The Hall–Kier alpha value is -1.74. The Labute approximate surface area is 122 Å². The molecule has 0 radical (unpaired) electrons. The van der Waals surface area contributed by atoms with Gasteiger partial charge in [0.05, 0.1) is 17.1 Å². The number of likely N-dealkylation sites (tertiary alicyclic amines) is 1. The zero-order chi connectivity index (χ0) is 15.4. The average Bonchev–Trinajstić information content (AvgIpc) is 2.88. The van der Waals surface area contributed by atoms with Crippen LogP contribution in [0.25, 0.3) is 0 Å². The number of para-hydroxylation sites is 1. The number of hydrogen-bond donors (Lipinski definition) is 2. The molecular weight excluding hydrogens is 276 g/mol. The molecule has 2 unspecified atom stereocenters. The van der Waals surface area contributed by atoms with Crippen molar-refractivity contribution in [3.8, 4) is 0 Å². The molecule has 1 heterocycles. The Morgan fingerprint density at radius 1 is 1.38 bits per heavy atom. The summed E-state index contributed by atoms with van der Waals surface area (Å²) in [5.74, 6) is 5.45. The molecule has 0 aliphatic carbocycles. The lowest BCUT2D eigenvalue weighted by Crippen LogP contribution is -2.27. The molecule has 0 saturated carbocycles. The molecular formula is C13H20N4O4. The van der Waals surface area contributed by atoms with E-state index in [4.69, 9.17) is 15.3 Å². The van der Waals surface area contributed by atoms with Crippen molar-refractivity contribution in [1.29, 1.82) is 0 Å². The summed E-state index contributed by atoms with van der Waals surface area (Å²) in [6, 6.07) is 4.91. The lowest BCUT2D eigenvalue weighted by Gasteiger charge is -2.17. The maximum Gasteiger partial charge on any atom is 0.293 e. The van der Waals surface area contributed by atoms with E-state index in [9.17, 15) is 10.1 Å². The number of nitro benzene ring substituents is 1. The van der Waals surface area contributed by atoms with E-state index in [0.29, 0.717) is 25.3 Å². The number of hydrogen-bond acceptors (Lipinski definition) is 7. The second-order valence-electron chi connectivity index (χ2n) is 4.96. The maximum atomic E-state index is 11.0. The van der Waals surface area contributed by atoms with Gasteiger partial charge in [-0.05, 0) is 5.56 Å². The fourth-order valence-electron chi connectivity index (χ4n) is 2.68. The molecule has 21 heavy (non-hydrogen) atoms. The van der Waals surface area contributed by atoms with Crippen LogP contribution in [-0.2, 0) is 16.0 Å². The van der Waals surface area contributed by atoms with Gasteiger partial charge in [-0.3, -0.25) is 20.9 Å². The van der Waals surface area contributed by atoms with E-state index in [2.05, 4.69) is 10.3 Å². The monoisotopic (exact) mass is 296 g/mol. The highest BCUT2D eigenvalue weighted by atomic mass is 16.6. The Balaban J connectivity index is 2.17. The fraction of sp³-hybridized carbons (Fsp3) is 0.538. The molecule has 0 bridgehead atoms. The van der Waals surface area contributed by atoms with Crippen molar-refractivity contribution in [2.24, 2.45) is 5.84 Å². The molecule has 116 valence electrons. The van der Waals surface area contributed by atoms with Gasteiger partial charge >= 0.3 is 0 Å². The van der Waals surface area contributed by atoms with Gasteiger partial charge in [-0.1, -0.05) is 12.1 Å². The van der Waals surface area contributed by atoms with Crippen LogP contribution in [0.3, 0.4) is 0 Å². The van der Waals surface area contributed by atoms with Crippen molar-refractivity contribution in [3.63, 3.8) is 0 Å². The molecule has 8 nitrogen and oxygen atoms in total. The molecule has 0 aromatic heterocycles. The first-order valence-electron chi connectivity index (χ1n) is 6.61. The smallest absolute Gasteiger partial charge is 0.293 e. The van der Waals surface area contributed by atoms with Crippen molar-refractivity contribution in [3.05, 3.63) is 33.9 Å². The third-order valence-electron chi connectivity index (χ3n) is 3.76. The van der Waals surface area contributed by atoms with Crippen LogP contribution in [0, 0.1) is 10.1 Å². The molecule has 1 aromatic rings. The van der Waals surface area contributed by atoms with Crippen LogP contribution in [0.15, 0.2) is 18.2 Å².